The summed E-state index contributed by atoms with van der Waals surface area (Å²) in [5.74, 6) is 0.941. The molecule has 0 fully saturated rings. The Hall–Kier alpha value is -2.63. The summed E-state index contributed by atoms with van der Waals surface area (Å²) in [6.07, 6.45) is -0.0664. The molecule has 1 amide bonds. The lowest BCUT2D eigenvalue weighted by atomic mass is 9.87. The number of hydrogen-bond acceptors (Lipinski definition) is 4. The number of amides is 1. The van der Waals surface area contributed by atoms with Crippen LogP contribution < -0.4 is 10.1 Å². The number of ether oxygens (including phenoxy) is 1. The SMILES string of the molecule is O=C(NCC[C@H](O)c1cccs1)C1c2ccccc2Oc2ccccc21. The van der Waals surface area contributed by atoms with Crippen LogP contribution in [0.25, 0.3) is 0 Å². The lowest BCUT2D eigenvalue weighted by Gasteiger charge is -2.27. The molecule has 1 aliphatic heterocycles. The van der Waals surface area contributed by atoms with Gasteiger partial charge in [-0.05, 0) is 30.0 Å². The average molecular weight is 365 g/mol. The number of benzene rings is 2. The number of thiophene rings is 1. The summed E-state index contributed by atoms with van der Waals surface area (Å²) in [7, 11) is 0. The second-order valence-electron chi connectivity index (χ2n) is 6.22. The summed E-state index contributed by atoms with van der Waals surface area (Å²) < 4.78 is 5.93. The number of aliphatic hydroxyl groups excluding tert-OH is 1. The Kier molecular flexibility index (Phi) is 4.73. The smallest absolute Gasteiger partial charge is 0.232 e. The molecule has 0 unspecified atom stereocenters. The highest BCUT2D eigenvalue weighted by Crippen LogP contribution is 2.43. The first-order valence-corrected chi connectivity index (χ1v) is 9.47. The first kappa shape index (κ1) is 16.8. The van der Waals surface area contributed by atoms with Gasteiger partial charge in [-0.15, -0.1) is 11.3 Å². The van der Waals surface area contributed by atoms with Crippen LogP contribution in [0, 0.1) is 0 Å². The number of rotatable bonds is 5. The van der Waals surface area contributed by atoms with E-state index in [2.05, 4.69) is 5.32 Å². The summed E-state index contributed by atoms with van der Waals surface area (Å²) in [4.78, 5) is 13.9. The van der Waals surface area contributed by atoms with Crippen LogP contribution in [-0.2, 0) is 4.79 Å². The van der Waals surface area contributed by atoms with Gasteiger partial charge in [0.1, 0.15) is 11.5 Å². The van der Waals surface area contributed by atoms with Crippen molar-refractivity contribution in [3.8, 4) is 11.5 Å². The van der Waals surface area contributed by atoms with E-state index in [1.807, 2.05) is 66.0 Å². The zero-order valence-corrected chi connectivity index (χ0v) is 14.9. The van der Waals surface area contributed by atoms with Gasteiger partial charge in [0.15, 0.2) is 0 Å². The van der Waals surface area contributed by atoms with Gasteiger partial charge in [-0.3, -0.25) is 4.79 Å². The fourth-order valence-electron chi connectivity index (χ4n) is 3.25. The summed E-state index contributed by atoms with van der Waals surface area (Å²) in [6, 6.07) is 19.1. The summed E-state index contributed by atoms with van der Waals surface area (Å²) >= 11 is 1.52. The molecule has 2 N–H and O–H groups in total. The van der Waals surface area contributed by atoms with Crippen molar-refractivity contribution in [3.63, 3.8) is 0 Å². The van der Waals surface area contributed by atoms with Crippen molar-refractivity contribution >= 4 is 17.2 Å². The van der Waals surface area contributed by atoms with Crippen molar-refractivity contribution in [2.24, 2.45) is 0 Å². The topological polar surface area (TPSA) is 58.6 Å². The number of hydrogen-bond donors (Lipinski definition) is 2. The van der Waals surface area contributed by atoms with Gasteiger partial charge in [0.05, 0.1) is 12.0 Å². The predicted molar refractivity (Wildman–Crippen MR) is 102 cm³/mol. The van der Waals surface area contributed by atoms with E-state index < -0.39 is 12.0 Å². The monoisotopic (exact) mass is 365 g/mol. The number of fused-ring (bicyclic) bond motifs is 2. The number of carbonyl (C=O) groups excluding carboxylic acids is 1. The minimum absolute atomic E-state index is 0.0772. The minimum Gasteiger partial charge on any atom is -0.457 e. The van der Waals surface area contributed by atoms with E-state index >= 15 is 0 Å². The molecule has 5 heteroatoms. The number of carbonyl (C=O) groups is 1. The highest BCUT2D eigenvalue weighted by Gasteiger charge is 2.32. The molecule has 0 radical (unpaired) electrons. The Labute approximate surface area is 156 Å². The number of nitrogens with one attached hydrogen (secondary N) is 1. The van der Waals surface area contributed by atoms with Gasteiger partial charge in [-0.1, -0.05) is 42.5 Å². The van der Waals surface area contributed by atoms with E-state index in [1.165, 1.54) is 11.3 Å². The molecule has 1 aliphatic rings. The van der Waals surface area contributed by atoms with Crippen LogP contribution in [0.4, 0.5) is 0 Å². The summed E-state index contributed by atoms with van der Waals surface area (Å²) in [5.41, 5.74) is 1.73. The molecule has 0 saturated carbocycles. The largest absolute Gasteiger partial charge is 0.457 e. The third kappa shape index (κ3) is 3.23. The van der Waals surface area contributed by atoms with Gasteiger partial charge >= 0.3 is 0 Å². The fourth-order valence-corrected chi connectivity index (χ4v) is 4.00. The Morgan fingerprint density at radius 1 is 1.04 bits per heavy atom. The van der Waals surface area contributed by atoms with Crippen LogP contribution in [0.15, 0.2) is 66.0 Å². The van der Waals surface area contributed by atoms with E-state index in [9.17, 15) is 9.90 Å². The van der Waals surface area contributed by atoms with Crippen molar-refractivity contribution in [1.29, 1.82) is 0 Å². The first-order valence-electron chi connectivity index (χ1n) is 8.59. The maximum Gasteiger partial charge on any atom is 0.232 e. The van der Waals surface area contributed by atoms with E-state index in [1.54, 1.807) is 0 Å². The van der Waals surface area contributed by atoms with Crippen molar-refractivity contribution in [1.82, 2.24) is 5.32 Å². The van der Waals surface area contributed by atoms with E-state index in [0.717, 1.165) is 16.0 Å². The van der Waals surface area contributed by atoms with Crippen LogP contribution in [-0.4, -0.2) is 17.6 Å². The van der Waals surface area contributed by atoms with Gasteiger partial charge in [0.25, 0.3) is 0 Å². The summed E-state index contributed by atoms with van der Waals surface area (Å²) in [6.45, 7) is 0.416. The normalized spacial score (nSPS) is 14.0. The van der Waals surface area contributed by atoms with Crippen LogP contribution >= 0.6 is 11.3 Å². The van der Waals surface area contributed by atoms with E-state index in [-0.39, 0.29) is 5.91 Å². The predicted octanol–water partition coefficient (Wildman–Crippen LogP) is 4.23. The van der Waals surface area contributed by atoms with Crippen molar-refractivity contribution in [3.05, 3.63) is 82.0 Å². The molecule has 26 heavy (non-hydrogen) atoms. The lowest BCUT2D eigenvalue weighted by molar-refractivity contribution is -0.121. The van der Waals surface area contributed by atoms with Gasteiger partial charge in [0.2, 0.25) is 5.91 Å². The zero-order valence-electron chi connectivity index (χ0n) is 14.1. The molecule has 132 valence electrons. The first-order chi connectivity index (χ1) is 12.7. The van der Waals surface area contributed by atoms with Gasteiger partial charge in [-0.2, -0.15) is 0 Å². The summed E-state index contributed by atoms with van der Waals surface area (Å²) in [5, 5.41) is 15.1. The molecule has 0 aliphatic carbocycles. The van der Waals surface area contributed by atoms with Crippen LogP contribution in [0.5, 0.6) is 11.5 Å². The molecule has 2 aromatic carbocycles. The second-order valence-corrected chi connectivity index (χ2v) is 7.20. The van der Waals surface area contributed by atoms with Crippen LogP contribution in [0.2, 0.25) is 0 Å². The molecule has 4 rings (SSSR count). The van der Waals surface area contributed by atoms with Gasteiger partial charge in [0, 0.05) is 22.5 Å². The third-order valence-corrected chi connectivity index (χ3v) is 5.50. The lowest BCUT2D eigenvalue weighted by Crippen LogP contribution is -2.32. The Morgan fingerprint density at radius 3 is 2.31 bits per heavy atom. The molecule has 3 aromatic rings. The van der Waals surface area contributed by atoms with E-state index in [0.29, 0.717) is 24.5 Å². The van der Waals surface area contributed by atoms with Crippen molar-refractivity contribution < 1.29 is 14.6 Å². The Bertz CT molecular complexity index is 862. The Balaban J connectivity index is 1.50. The molecule has 0 bridgehead atoms. The Morgan fingerprint density at radius 2 is 1.69 bits per heavy atom. The zero-order chi connectivity index (χ0) is 17.9. The van der Waals surface area contributed by atoms with Crippen LogP contribution in [0.3, 0.4) is 0 Å². The minimum atomic E-state index is -0.551. The molecule has 1 aromatic heterocycles. The molecule has 0 spiro atoms. The fraction of sp³-hybridized carbons (Fsp3) is 0.190. The molecular weight excluding hydrogens is 346 g/mol. The molecule has 4 nitrogen and oxygen atoms in total. The highest BCUT2D eigenvalue weighted by molar-refractivity contribution is 7.10. The molecule has 2 heterocycles. The highest BCUT2D eigenvalue weighted by atomic mass is 32.1. The van der Waals surface area contributed by atoms with Crippen LogP contribution in [0.1, 0.15) is 34.4 Å². The second kappa shape index (κ2) is 7.32. The van der Waals surface area contributed by atoms with E-state index in [4.69, 9.17) is 4.74 Å². The standard InChI is InChI=1S/C21H19NO3S/c23-16(19-10-5-13-26-19)11-12-22-21(24)20-14-6-1-3-8-17(14)25-18-9-4-2-7-15(18)20/h1-10,13,16,20,23H,11-12H2,(H,22,24)/t16-/m0/s1. The maximum atomic E-state index is 12.9. The molecule has 0 saturated heterocycles. The number of aliphatic hydroxyl groups is 1. The van der Waals surface area contributed by atoms with Gasteiger partial charge in [-0.25, -0.2) is 0 Å². The number of para-hydroxylation sites is 2. The van der Waals surface area contributed by atoms with Crippen molar-refractivity contribution in [2.75, 3.05) is 6.54 Å². The third-order valence-electron chi connectivity index (χ3n) is 4.53. The van der Waals surface area contributed by atoms with Crippen molar-refractivity contribution in [2.45, 2.75) is 18.4 Å². The maximum absolute atomic E-state index is 12.9. The molecule has 1 atom stereocenters. The average Bonchev–Trinajstić information content (AvgIpc) is 3.20. The molecular formula is C21H19NO3S. The quantitative estimate of drug-likeness (QED) is 0.711. The van der Waals surface area contributed by atoms with Gasteiger partial charge < -0.3 is 15.2 Å².